The van der Waals surface area contributed by atoms with Crippen LogP contribution < -0.4 is 8.92 Å². The van der Waals surface area contributed by atoms with E-state index < -0.39 is 21.0 Å². The van der Waals surface area contributed by atoms with E-state index in [0.717, 1.165) is 16.5 Å². The molecule has 0 aliphatic heterocycles. The van der Waals surface area contributed by atoms with Crippen LogP contribution in [0.3, 0.4) is 0 Å². The van der Waals surface area contributed by atoms with Crippen LogP contribution in [0.1, 0.15) is 36.6 Å². The number of aromatic nitrogens is 1. The number of nitrogens with zero attached hydrogens (tertiary/aromatic N) is 1. The maximum atomic E-state index is 13.2. The first-order chi connectivity index (χ1) is 17.6. The molecule has 0 amide bonds. The standard InChI is InChI=1S/C28H24F3NO4S/c1-19-16-27(17-19,21-8-3-2-4-9-21)24-15-23(13-14-26(24)36-37(33,34)28(29,30)31)35-18-22-12-11-20-7-5-6-10-25(20)32-22/h2-15,19H,16-18H2,1H3. The summed E-state index contributed by atoms with van der Waals surface area (Å²) in [7, 11) is -5.85. The van der Waals surface area contributed by atoms with E-state index in [2.05, 4.69) is 9.17 Å². The summed E-state index contributed by atoms with van der Waals surface area (Å²) in [5.74, 6) is 0.305. The lowest BCUT2D eigenvalue weighted by atomic mass is 9.56. The fourth-order valence-electron chi connectivity index (χ4n) is 5.06. The molecule has 5 rings (SSSR count). The third-order valence-electron chi connectivity index (χ3n) is 6.71. The van der Waals surface area contributed by atoms with Crippen molar-refractivity contribution in [2.75, 3.05) is 0 Å². The van der Waals surface area contributed by atoms with Crippen molar-refractivity contribution in [1.82, 2.24) is 4.98 Å². The van der Waals surface area contributed by atoms with E-state index in [9.17, 15) is 21.6 Å². The smallest absolute Gasteiger partial charge is 0.487 e. The molecule has 0 unspecified atom stereocenters. The molecule has 1 fully saturated rings. The number of alkyl halides is 3. The molecule has 37 heavy (non-hydrogen) atoms. The van der Waals surface area contributed by atoms with Gasteiger partial charge in [0.2, 0.25) is 0 Å². The van der Waals surface area contributed by atoms with Crippen molar-refractivity contribution in [2.24, 2.45) is 5.92 Å². The topological polar surface area (TPSA) is 65.5 Å². The average molecular weight is 528 g/mol. The maximum absolute atomic E-state index is 13.2. The number of pyridine rings is 1. The van der Waals surface area contributed by atoms with Crippen LogP contribution in [0.5, 0.6) is 11.5 Å². The van der Waals surface area contributed by atoms with Crippen LogP contribution >= 0.6 is 0 Å². The zero-order valence-electron chi connectivity index (χ0n) is 19.9. The number of hydrogen-bond donors (Lipinski definition) is 0. The Morgan fingerprint density at radius 2 is 1.65 bits per heavy atom. The highest BCUT2D eigenvalue weighted by Gasteiger charge is 2.51. The van der Waals surface area contributed by atoms with Crippen LogP contribution in [0, 0.1) is 5.92 Å². The van der Waals surface area contributed by atoms with Crippen LogP contribution in [0.4, 0.5) is 13.2 Å². The van der Waals surface area contributed by atoms with E-state index in [4.69, 9.17) is 4.74 Å². The number of ether oxygens (including phenoxy) is 1. The quantitative estimate of drug-likeness (QED) is 0.196. The largest absolute Gasteiger partial charge is 0.534 e. The van der Waals surface area contributed by atoms with Gasteiger partial charge in [-0.3, -0.25) is 0 Å². The van der Waals surface area contributed by atoms with Gasteiger partial charge in [0, 0.05) is 16.4 Å². The van der Waals surface area contributed by atoms with Gasteiger partial charge < -0.3 is 8.92 Å². The summed E-state index contributed by atoms with van der Waals surface area (Å²) in [4.78, 5) is 4.59. The molecule has 0 bridgehead atoms. The molecular weight excluding hydrogens is 503 g/mol. The van der Waals surface area contributed by atoms with Crippen molar-refractivity contribution in [2.45, 2.75) is 37.3 Å². The van der Waals surface area contributed by atoms with E-state index in [1.807, 2.05) is 73.7 Å². The van der Waals surface area contributed by atoms with Gasteiger partial charge in [0.1, 0.15) is 18.1 Å². The number of rotatable bonds is 7. The predicted molar refractivity (Wildman–Crippen MR) is 134 cm³/mol. The summed E-state index contributed by atoms with van der Waals surface area (Å²) in [5, 5.41) is 0.991. The monoisotopic (exact) mass is 527 g/mol. The second-order valence-electron chi connectivity index (χ2n) is 9.39. The molecule has 4 aromatic rings. The van der Waals surface area contributed by atoms with Crippen LogP contribution in [-0.4, -0.2) is 18.9 Å². The summed E-state index contributed by atoms with van der Waals surface area (Å²) in [6, 6.07) is 25.0. The zero-order valence-corrected chi connectivity index (χ0v) is 20.7. The average Bonchev–Trinajstić information content (AvgIpc) is 2.85. The molecule has 0 atom stereocenters. The van der Waals surface area contributed by atoms with Crippen molar-refractivity contribution in [3.05, 3.63) is 102 Å². The van der Waals surface area contributed by atoms with Crippen LogP contribution in [0.15, 0.2) is 84.9 Å². The summed E-state index contributed by atoms with van der Waals surface area (Å²) in [6.07, 6.45) is 1.24. The molecule has 5 nitrogen and oxygen atoms in total. The minimum absolute atomic E-state index is 0.125. The lowest BCUT2D eigenvalue weighted by molar-refractivity contribution is -0.0500. The van der Waals surface area contributed by atoms with Gasteiger partial charge in [-0.05, 0) is 54.7 Å². The predicted octanol–water partition coefficient (Wildman–Crippen LogP) is 6.76. The Kier molecular flexibility index (Phi) is 6.35. The van der Waals surface area contributed by atoms with Crippen molar-refractivity contribution in [1.29, 1.82) is 0 Å². The highest BCUT2D eigenvalue weighted by Crippen LogP contribution is 2.55. The van der Waals surface area contributed by atoms with Crippen LogP contribution in [-0.2, 0) is 22.1 Å². The molecule has 1 aromatic heterocycles. The Balaban J connectivity index is 1.52. The summed E-state index contributed by atoms with van der Waals surface area (Å²) >= 11 is 0. The number of fused-ring (bicyclic) bond motifs is 1. The van der Waals surface area contributed by atoms with Gasteiger partial charge >= 0.3 is 15.6 Å². The van der Waals surface area contributed by atoms with Crippen molar-refractivity contribution >= 4 is 21.0 Å². The minimum atomic E-state index is -5.85. The molecule has 1 aliphatic rings. The first-order valence-electron chi connectivity index (χ1n) is 11.8. The molecular formula is C28H24F3NO4S. The number of hydrogen-bond acceptors (Lipinski definition) is 5. The molecule has 1 saturated carbocycles. The van der Waals surface area contributed by atoms with Crippen molar-refractivity contribution in [3.63, 3.8) is 0 Å². The third kappa shape index (κ3) is 4.87. The fraction of sp³-hybridized carbons (Fsp3) is 0.250. The van der Waals surface area contributed by atoms with E-state index in [0.29, 0.717) is 35.8 Å². The molecule has 192 valence electrons. The summed E-state index contributed by atoms with van der Waals surface area (Å²) in [5.41, 5.74) is -3.55. The first-order valence-corrected chi connectivity index (χ1v) is 13.2. The SMILES string of the molecule is CC1CC(c2ccccc2)(c2cc(OCc3ccc4ccccc4n3)ccc2OS(=O)(=O)C(F)(F)F)C1. The van der Waals surface area contributed by atoms with Gasteiger partial charge in [-0.25, -0.2) is 4.98 Å². The Bertz CT molecular complexity index is 1530. The Morgan fingerprint density at radius 3 is 2.35 bits per heavy atom. The highest BCUT2D eigenvalue weighted by atomic mass is 32.2. The van der Waals surface area contributed by atoms with E-state index in [1.54, 1.807) is 6.07 Å². The second kappa shape index (κ2) is 9.37. The zero-order chi connectivity index (χ0) is 26.3. The minimum Gasteiger partial charge on any atom is -0.487 e. The summed E-state index contributed by atoms with van der Waals surface area (Å²) in [6.45, 7) is 2.17. The Hall–Kier alpha value is -3.59. The van der Waals surface area contributed by atoms with Gasteiger partial charge in [0.05, 0.1) is 11.2 Å². The van der Waals surface area contributed by atoms with Crippen LogP contribution in [0.2, 0.25) is 0 Å². The first kappa shape index (κ1) is 25.1. The molecule has 1 heterocycles. The van der Waals surface area contributed by atoms with Gasteiger partial charge in [-0.1, -0.05) is 61.5 Å². The molecule has 0 N–H and O–H groups in total. The van der Waals surface area contributed by atoms with Crippen molar-refractivity contribution in [3.8, 4) is 11.5 Å². The Labute approximate surface area is 213 Å². The van der Waals surface area contributed by atoms with E-state index >= 15 is 0 Å². The molecule has 0 spiro atoms. The van der Waals surface area contributed by atoms with Crippen LogP contribution in [0.25, 0.3) is 10.9 Å². The Morgan fingerprint density at radius 1 is 0.946 bits per heavy atom. The highest BCUT2D eigenvalue weighted by molar-refractivity contribution is 7.88. The molecule has 0 saturated heterocycles. The molecule has 0 radical (unpaired) electrons. The lowest BCUT2D eigenvalue weighted by Crippen LogP contribution is -2.42. The summed E-state index contributed by atoms with van der Waals surface area (Å²) < 4.78 is 74.0. The second-order valence-corrected chi connectivity index (χ2v) is 10.9. The van der Waals surface area contributed by atoms with Gasteiger partial charge in [0.15, 0.2) is 0 Å². The molecule has 9 heteroatoms. The van der Waals surface area contributed by atoms with Gasteiger partial charge in [0.25, 0.3) is 0 Å². The van der Waals surface area contributed by atoms with Gasteiger partial charge in [-0.2, -0.15) is 21.6 Å². The molecule has 1 aliphatic carbocycles. The lowest BCUT2D eigenvalue weighted by Gasteiger charge is -2.48. The normalized spacial score (nSPS) is 19.8. The maximum Gasteiger partial charge on any atom is 0.534 e. The van der Waals surface area contributed by atoms with Crippen molar-refractivity contribution < 1.29 is 30.5 Å². The van der Waals surface area contributed by atoms with E-state index in [1.165, 1.54) is 12.1 Å². The van der Waals surface area contributed by atoms with Gasteiger partial charge in [-0.15, -0.1) is 0 Å². The number of halogens is 3. The fourth-order valence-corrected chi connectivity index (χ4v) is 5.53. The number of para-hydroxylation sites is 1. The van der Waals surface area contributed by atoms with E-state index in [-0.39, 0.29) is 12.4 Å². The number of benzene rings is 3. The third-order valence-corrected chi connectivity index (χ3v) is 7.68. The molecule has 3 aromatic carbocycles.